The fourth-order valence-corrected chi connectivity index (χ4v) is 11.5. The second kappa shape index (κ2) is 11.6. The Bertz CT molecular complexity index is 523. The topological polar surface area (TPSA) is 40.6 Å². The number of halogens is 1. The number of hydrogen-bond acceptors (Lipinski definition) is 2. The molecule has 0 aliphatic heterocycles. The Morgan fingerprint density at radius 3 is 1.79 bits per heavy atom. The average molecular weight is 580 g/mol. The summed E-state index contributed by atoms with van der Waals surface area (Å²) >= 11 is 4.15. The molecule has 0 spiro atoms. The number of nitrogens with zero attached hydrogens (tertiary/aromatic N) is 2. The summed E-state index contributed by atoms with van der Waals surface area (Å²) in [5.41, 5.74) is 1.06. The fourth-order valence-electron chi connectivity index (χ4n) is 2.11. The zero-order chi connectivity index (χ0) is 18.1. The first-order valence-corrected chi connectivity index (χ1v) is 13.5. The molecule has 4 nitrogen and oxygen atoms in total. The van der Waals surface area contributed by atoms with Gasteiger partial charge < -0.3 is 0 Å². The zero-order valence-electron chi connectivity index (χ0n) is 14.6. The quantitative estimate of drug-likeness (QED) is 0.419. The van der Waals surface area contributed by atoms with Crippen molar-refractivity contribution >= 4 is 61.4 Å². The number of rotatable bonds is 9. The summed E-state index contributed by atoms with van der Waals surface area (Å²) in [6, 6.07) is 7.68. The van der Waals surface area contributed by atoms with Crippen molar-refractivity contribution in [3.63, 3.8) is 0 Å². The predicted molar refractivity (Wildman–Crippen MR) is 102 cm³/mol. The fraction of sp³-hybridized carbons (Fsp3) is 0.529. The van der Waals surface area contributed by atoms with E-state index in [4.69, 9.17) is 11.6 Å². The molecule has 0 saturated carbocycles. The molecule has 0 heterocycles. The van der Waals surface area contributed by atoms with Gasteiger partial charge in [-0.15, -0.1) is 0 Å². The van der Waals surface area contributed by atoms with Crippen molar-refractivity contribution in [2.24, 2.45) is 0 Å². The molecule has 24 heavy (non-hydrogen) atoms. The van der Waals surface area contributed by atoms with Gasteiger partial charge in [-0.1, -0.05) is 0 Å². The maximum atomic E-state index is 12.6. The van der Waals surface area contributed by atoms with Gasteiger partial charge in [0.1, 0.15) is 0 Å². The molecule has 1 rings (SSSR count). The van der Waals surface area contributed by atoms with Crippen LogP contribution in [0.2, 0.25) is 5.02 Å². The number of benzene rings is 1. The number of carbonyl (C=O) groups is 2. The first-order valence-electron chi connectivity index (χ1n) is 8.13. The molecule has 0 aliphatic carbocycles. The van der Waals surface area contributed by atoms with Gasteiger partial charge in [0, 0.05) is 0 Å². The third kappa shape index (κ3) is 6.74. The van der Waals surface area contributed by atoms with Gasteiger partial charge in [0.25, 0.3) is 0 Å². The molecule has 0 radical (unpaired) electrons. The van der Waals surface area contributed by atoms with E-state index in [9.17, 15) is 9.59 Å². The molecule has 0 saturated heterocycles. The van der Waals surface area contributed by atoms with Crippen molar-refractivity contribution in [2.75, 3.05) is 26.2 Å². The van der Waals surface area contributed by atoms with Gasteiger partial charge in [-0.25, -0.2) is 0 Å². The molecule has 0 bridgehead atoms. The molecular weight excluding hydrogens is 555 g/mol. The van der Waals surface area contributed by atoms with Gasteiger partial charge in [-0.05, 0) is 0 Å². The molecule has 2 amide bonds. The van der Waals surface area contributed by atoms with E-state index in [1.165, 1.54) is 0 Å². The molecule has 0 fully saturated rings. The predicted octanol–water partition coefficient (Wildman–Crippen LogP) is 3.67. The first-order chi connectivity index (χ1) is 11.5. The molecule has 0 aliphatic rings. The molecule has 0 unspecified atom stereocenters. The van der Waals surface area contributed by atoms with E-state index >= 15 is 0 Å². The zero-order valence-corrected chi connectivity index (χ0v) is 20.0. The summed E-state index contributed by atoms with van der Waals surface area (Å²) in [6.45, 7) is 10.9. The van der Waals surface area contributed by atoms with Gasteiger partial charge in [0.15, 0.2) is 0 Å². The summed E-state index contributed by atoms with van der Waals surface area (Å²) in [5.74, 6) is 0. The van der Waals surface area contributed by atoms with Crippen LogP contribution in [0.25, 0.3) is 0 Å². The van der Waals surface area contributed by atoms with Gasteiger partial charge >= 0.3 is 171 Å². The van der Waals surface area contributed by atoms with Crippen molar-refractivity contribution in [1.82, 2.24) is 9.80 Å². The maximum absolute atomic E-state index is 12.6. The SMILES string of the molecule is CCN(CC)C(=O)[Te]C([Te]C(=O)N(CC)CC)c1cccc(Cl)c1. The van der Waals surface area contributed by atoms with Gasteiger partial charge in [-0.3, -0.25) is 0 Å². The molecule has 1 aromatic rings. The van der Waals surface area contributed by atoms with E-state index in [-0.39, 0.29) is 9.92 Å². The van der Waals surface area contributed by atoms with Crippen molar-refractivity contribution < 1.29 is 9.59 Å². The van der Waals surface area contributed by atoms with Crippen LogP contribution in [0.3, 0.4) is 0 Å². The van der Waals surface area contributed by atoms with Gasteiger partial charge in [0.05, 0.1) is 0 Å². The third-order valence-corrected chi connectivity index (χ3v) is 12.9. The van der Waals surface area contributed by atoms with E-state index in [0.29, 0.717) is 5.02 Å². The Kier molecular flexibility index (Phi) is 10.7. The number of amides is 2. The van der Waals surface area contributed by atoms with E-state index < -0.39 is 41.8 Å². The Morgan fingerprint density at radius 1 is 0.958 bits per heavy atom. The Balaban J connectivity index is 2.99. The van der Waals surface area contributed by atoms with Crippen LogP contribution in [-0.2, 0) is 0 Å². The van der Waals surface area contributed by atoms with Crippen LogP contribution in [0.5, 0.6) is 0 Å². The number of carbonyl (C=O) groups excluding carboxylic acids is 2. The molecule has 1 aromatic carbocycles. The van der Waals surface area contributed by atoms with Crippen LogP contribution < -0.4 is 0 Å². The van der Waals surface area contributed by atoms with Crippen LogP contribution in [0.1, 0.15) is 35.3 Å². The van der Waals surface area contributed by atoms with E-state index in [2.05, 4.69) is 0 Å². The standard InChI is InChI=1S/C17H25ClN2O2Te2/c1-5-19(6-2)16(21)23-15(13-10-9-11-14(18)12-13)24-17(22)20(7-3)8-4/h9-12,15H,5-8H2,1-4H3. The van der Waals surface area contributed by atoms with Crippen LogP contribution >= 0.6 is 11.6 Å². The molecule has 134 valence electrons. The molecule has 0 atom stereocenters. The van der Waals surface area contributed by atoms with Crippen LogP contribution in [0.4, 0.5) is 9.59 Å². The first kappa shape index (κ1) is 22.1. The minimum absolute atomic E-state index is 0.112. The van der Waals surface area contributed by atoms with Crippen molar-refractivity contribution in [1.29, 1.82) is 0 Å². The van der Waals surface area contributed by atoms with Crippen LogP contribution in [0.15, 0.2) is 24.3 Å². The Morgan fingerprint density at radius 2 is 1.42 bits per heavy atom. The van der Waals surface area contributed by atoms with Crippen LogP contribution in [-0.4, -0.2) is 85.7 Å². The normalized spacial score (nSPS) is 10.8. The molecule has 0 aromatic heterocycles. The number of hydrogen-bond donors (Lipinski definition) is 0. The van der Waals surface area contributed by atoms with Crippen molar-refractivity contribution in [3.8, 4) is 0 Å². The van der Waals surface area contributed by atoms with E-state index in [1.54, 1.807) is 0 Å². The minimum atomic E-state index is -0.991. The summed E-state index contributed by atoms with van der Waals surface area (Å²) in [5, 5.41) is 0.669. The summed E-state index contributed by atoms with van der Waals surface area (Å²) in [7, 11) is 0. The van der Waals surface area contributed by atoms with Gasteiger partial charge in [0.2, 0.25) is 0 Å². The Labute approximate surface area is 170 Å². The average Bonchev–Trinajstić information content (AvgIpc) is 2.56. The third-order valence-electron chi connectivity index (χ3n) is 3.58. The van der Waals surface area contributed by atoms with E-state index in [1.807, 2.05) is 61.8 Å². The summed E-state index contributed by atoms with van der Waals surface area (Å²) < 4.78 is 0.598. The van der Waals surface area contributed by atoms with Crippen LogP contribution in [0, 0.1) is 0 Å². The molecule has 0 N–H and O–H groups in total. The molecular formula is C17H25ClN2O2Te2. The van der Waals surface area contributed by atoms with Gasteiger partial charge in [-0.2, -0.15) is 0 Å². The Hall–Kier alpha value is 0.0292. The monoisotopic (exact) mass is 584 g/mol. The van der Waals surface area contributed by atoms with E-state index in [0.717, 1.165) is 31.7 Å². The second-order valence-electron chi connectivity index (χ2n) is 5.00. The summed E-state index contributed by atoms with van der Waals surface area (Å²) in [6.07, 6.45) is 0. The van der Waals surface area contributed by atoms with Crippen molar-refractivity contribution in [3.05, 3.63) is 34.9 Å². The molecule has 7 heteroatoms. The van der Waals surface area contributed by atoms with Crippen molar-refractivity contribution in [2.45, 2.75) is 29.7 Å². The second-order valence-corrected chi connectivity index (χ2v) is 14.4. The summed E-state index contributed by atoms with van der Waals surface area (Å²) in [4.78, 5) is 29.0.